The van der Waals surface area contributed by atoms with Crippen molar-refractivity contribution in [1.29, 1.82) is 0 Å². The van der Waals surface area contributed by atoms with Gasteiger partial charge in [-0.25, -0.2) is 0 Å². The van der Waals surface area contributed by atoms with Gasteiger partial charge in [0.2, 0.25) is 0 Å². The third kappa shape index (κ3) is 16.6. The van der Waals surface area contributed by atoms with Crippen molar-refractivity contribution >= 4 is 11.9 Å². The molecule has 0 spiro atoms. The molecule has 0 aromatic heterocycles. The number of nitrogens with one attached hydrogen (secondary N) is 1. The standard InChI is InChI=1S/C24H45NO5/c26-23(27)15-11-7-3-1-5-9-13-21(25-22-17-19-30-20-18-22)14-10-6-2-4-8-12-16-24(28)29/h21-22,25H,1-20H2,(H,26,27)(H,28,29). The lowest BCUT2D eigenvalue weighted by atomic mass is 9.98. The van der Waals surface area contributed by atoms with E-state index in [9.17, 15) is 9.59 Å². The van der Waals surface area contributed by atoms with Crippen LogP contribution in [0, 0.1) is 0 Å². The molecule has 6 heteroatoms. The third-order valence-corrected chi connectivity index (χ3v) is 6.08. The summed E-state index contributed by atoms with van der Waals surface area (Å²) in [5, 5.41) is 21.2. The van der Waals surface area contributed by atoms with E-state index in [1.807, 2.05) is 0 Å². The lowest BCUT2D eigenvalue weighted by molar-refractivity contribution is -0.138. The van der Waals surface area contributed by atoms with Gasteiger partial charge in [-0.15, -0.1) is 0 Å². The van der Waals surface area contributed by atoms with Crippen LogP contribution in [0.4, 0.5) is 0 Å². The molecule has 0 aliphatic carbocycles. The Morgan fingerprint density at radius 3 is 1.53 bits per heavy atom. The van der Waals surface area contributed by atoms with E-state index in [2.05, 4.69) is 5.32 Å². The molecule has 0 unspecified atom stereocenters. The average Bonchev–Trinajstić information content (AvgIpc) is 2.72. The number of aliphatic carboxylic acids is 2. The highest BCUT2D eigenvalue weighted by atomic mass is 16.5. The van der Waals surface area contributed by atoms with E-state index < -0.39 is 11.9 Å². The topological polar surface area (TPSA) is 95.9 Å². The lowest BCUT2D eigenvalue weighted by Gasteiger charge is -2.29. The zero-order valence-corrected chi connectivity index (χ0v) is 18.9. The van der Waals surface area contributed by atoms with Crippen LogP contribution in [0.3, 0.4) is 0 Å². The van der Waals surface area contributed by atoms with Crippen LogP contribution >= 0.6 is 0 Å². The van der Waals surface area contributed by atoms with E-state index in [0.717, 1.165) is 64.6 Å². The fourth-order valence-corrected chi connectivity index (χ4v) is 4.26. The lowest BCUT2D eigenvalue weighted by Crippen LogP contribution is -2.41. The molecule has 30 heavy (non-hydrogen) atoms. The first-order valence-corrected chi connectivity index (χ1v) is 12.4. The van der Waals surface area contributed by atoms with Crippen LogP contribution in [-0.2, 0) is 14.3 Å². The van der Waals surface area contributed by atoms with Crippen molar-refractivity contribution in [2.45, 2.75) is 128 Å². The van der Waals surface area contributed by atoms with Crippen LogP contribution < -0.4 is 5.32 Å². The Bertz CT molecular complexity index is 407. The van der Waals surface area contributed by atoms with Crippen molar-refractivity contribution < 1.29 is 24.5 Å². The third-order valence-electron chi connectivity index (χ3n) is 6.08. The predicted octanol–water partition coefficient (Wildman–Crippen LogP) is 5.53. The van der Waals surface area contributed by atoms with Crippen LogP contribution in [0.1, 0.15) is 116 Å². The van der Waals surface area contributed by atoms with Crippen molar-refractivity contribution in [1.82, 2.24) is 5.32 Å². The summed E-state index contributed by atoms with van der Waals surface area (Å²) in [6.45, 7) is 1.74. The summed E-state index contributed by atoms with van der Waals surface area (Å²) in [7, 11) is 0. The van der Waals surface area contributed by atoms with Gasteiger partial charge in [0.25, 0.3) is 0 Å². The predicted molar refractivity (Wildman–Crippen MR) is 120 cm³/mol. The van der Waals surface area contributed by atoms with Gasteiger partial charge in [0.05, 0.1) is 0 Å². The number of ether oxygens (including phenoxy) is 1. The highest BCUT2D eigenvalue weighted by Crippen LogP contribution is 2.17. The fraction of sp³-hybridized carbons (Fsp3) is 0.917. The number of hydrogen-bond acceptors (Lipinski definition) is 4. The van der Waals surface area contributed by atoms with Crippen LogP contribution in [-0.4, -0.2) is 47.4 Å². The van der Waals surface area contributed by atoms with Gasteiger partial charge in [-0.3, -0.25) is 9.59 Å². The molecule has 1 rings (SSSR count). The Morgan fingerprint density at radius 2 is 1.10 bits per heavy atom. The number of rotatable bonds is 20. The van der Waals surface area contributed by atoms with Gasteiger partial charge >= 0.3 is 11.9 Å². The minimum Gasteiger partial charge on any atom is -0.481 e. The monoisotopic (exact) mass is 427 g/mol. The van der Waals surface area contributed by atoms with E-state index in [0.29, 0.717) is 24.9 Å². The van der Waals surface area contributed by atoms with E-state index in [-0.39, 0.29) is 0 Å². The van der Waals surface area contributed by atoms with E-state index in [1.165, 1.54) is 51.4 Å². The molecule has 0 atom stereocenters. The maximum atomic E-state index is 10.5. The summed E-state index contributed by atoms with van der Waals surface area (Å²) in [5.74, 6) is -1.37. The largest absolute Gasteiger partial charge is 0.481 e. The smallest absolute Gasteiger partial charge is 0.303 e. The van der Waals surface area contributed by atoms with Crippen molar-refractivity contribution in [3.05, 3.63) is 0 Å². The molecule has 1 fully saturated rings. The molecular weight excluding hydrogens is 382 g/mol. The SMILES string of the molecule is O=C(O)CCCCCCCCC(CCCCCCCCC(=O)O)NC1CCOCC1. The number of unbranched alkanes of at least 4 members (excludes halogenated alkanes) is 10. The second-order valence-corrected chi connectivity index (χ2v) is 8.86. The zero-order chi connectivity index (χ0) is 21.9. The highest BCUT2D eigenvalue weighted by molar-refractivity contribution is 5.66. The summed E-state index contributed by atoms with van der Waals surface area (Å²) < 4.78 is 5.49. The van der Waals surface area contributed by atoms with Gasteiger partial charge in [0, 0.05) is 38.1 Å². The Balaban J connectivity index is 2.13. The van der Waals surface area contributed by atoms with E-state index in [4.69, 9.17) is 14.9 Å². The molecule has 0 saturated carbocycles. The van der Waals surface area contributed by atoms with Crippen molar-refractivity contribution in [3.63, 3.8) is 0 Å². The molecule has 1 heterocycles. The van der Waals surface area contributed by atoms with Gasteiger partial charge in [-0.2, -0.15) is 0 Å². The summed E-state index contributed by atoms with van der Waals surface area (Å²) >= 11 is 0. The van der Waals surface area contributed by atoms with Crippen molar-refractivity contribution in [2.24, 2.45) is 0 Å². The molecule has 176 valence electrons. The van der Waals surface area contributed by atoms with Crippen LogP contribution in [0.2, 0.25) is 0 Å². The van der Waals surface area contributed by atoms with E-state index >= 15 is 0 Å². The quantitative estimate of drug-likeness (QED) is 0.221. The van der Waals surface area contributed by atoms with Crippen molar-refractivity contribution in [3.8, 4) is 0 Å². The molecule has 0 radical (unpaired) electrons. The zero-order valence-electron chi connectivity index (χ0n) is 18.9. The van der Waals surface area contributed by atoms with Crippen LogP contribution in [0.15, 0.2) is 0 Å². The summed E-state index contributed by atoms with van der Waals surface area (Å²) in [4.78, 5) is 21.1. The second-order valence-electron chi connectivity index (χ2n) is 8.86. The van der Waals surface area contributed by atoms with Crippen LogP contribution in [0.25, 0.3) is 0 Å². The minimum atomic E-state index is -0.683. The molecule has 6 nitrogen and oxygen atoms in total. The van der Waals surface area contributed by atoms with Gasteiger partial charge < -0.3 is 20.3 Å². The normalized spacial score (nSPS) is 15.0. The molecule has 0 aromatic carbocycles. The first-order valence-electron chi connectivity index (χ1n) is 12.4. The molecule has 0 aromatic rings. The van der Waals surface area contributed by atoms with Crippen LogP contribution in [0.5, 0.6) is 0 Å². The number of carbonyl (C=O) groups is 2. The summed E-state index contributed by atoms with van der Waals surface area (Å²) in [5.41, 5.74) is 0. The summed E-state index contributed by atoms with van der Waals surface area (Å²) in [6.07, 6.45) is 18.6. The Labute approximate surface area is 183 Å². The molecule has 3 N–H and O–H groups in total. The molecule has 0 bridgehead atoms. The maximum absolute atomic E-state index is 10.5. The number of carboxylic acids is 2. The molecule has 1 saturated heterocycles. The Morgan fingerprint density at radius 1 is 0.700 bits per heavy atom. The summed E-state index contributed by atoms with van der Waals surface area (Å²) in [6, 6.07) is 1.18. The molecule has 1 aliphatic heterocycles. The fourth-order valence-electron chi connectivity index (χ4n) is 4.26. The Kier molecular flexibility index (Phi) is 16.7. The maximum Gasteiger partial charge on any atom is 0.303 e. The second kappa shape index (κ2) is 18.6. The van der Waals surface area contributed by atoms with Gasteiger partial charge in [-0.1, -0.05) is 64.2 Å². The Hall–Kier alpha value is -1.14. The first-order chi connectivity index (χ1) is 14.6. The number of carboxylic acid groups (broad SMARTS) is 2. The molecular formula is C24H45NO5. The number of hydrogen-bond donors (Lipinski definition) is 3. The van der Waals surface area contributed by atoms with E-state index in [1.54, 1.807) is 0 Å². The van der Waals surface area contributed by atoms with Gasteiger partial charge in [0.15, 0.2) is 0 Å². The average molecular weight is 428 g/mol. The van der Waals surface area contributed by atoms with Gasteiger partial charge in [-0.05, 0) is 38.5 Å². The van der Waals surface area contributed by atoms with Crippen molar-refractivity contribution in [2.75, 3.05) is 13.2 Å². The molecule has 1 aliphatic rings. The van der Waals surface area contributed by atoms with Gasteiger partial charge in [0.1, 0.15) is 0 Å². The highest BCUT2D eigenvalue weighted by Gasteiger charge is 2.17. The minimum absolute atomic E-state index is 0.302. The molecule has 0 amide bonds. The first kappa shape index (κ1) is 26.9.